The molecule has 4 atom stereocenters. The molecule has 0 aliphatic carbocycles. The van der Waals surface area contributed by atoms with Crippen molar-refractivity contribution in [2.75, 3.05) is 13.2 Å². The van der Waals surface area contributed by atoms with Gasteiger partial charge < -0.3 is 42.5 Å². The maximum Gasteiger partial charge on any atom is 2.00 e. The summed E-state index contributed by atoms with van der Waals surface area (Å²) in [4.78, 5) is 33.9. The molecule has 0 radical (unpaired) electrons. The van der Waals surface area contributed by atoms with E-state index in [9.17, 15) is 24.4 Å². The molecule has 15 heteroatoms. The number of aliphatic hydroxyl groups is 3. The Labute approximate surface area is 151 Å². The van der Waals surface area contributed by atoms with Crippen molar-refractivity contribution in [3.8, 4) is 0 Å². The van der Waals surface area contributed by atoms with Crippen LogP contribution >= 0.6 is 15.6 Å². The zero-order chi connectivity index (χ0) is 15.8. The van der Waals surface area contributed by atoms with Gasteiger partial charge >= 0.3 is 53.4 Å². The zero-order valence-electron chi connectivity index (χ0n) is 12.4. The van der Waals surface area contributed by atoms with Crippen LogP contribution in [0.1, 0.15) is 2.85 Å². The van der Waals surface area contributed by atoms with Gasteiger partial charge in [0.15, 0.2) is 0 Å². The SMILES string of the molecule is O=P(O)(O)OC[C@H]1O[C@](O)(COP(=O)(O)O)[C@@H](O)[C@@H]1O.[Ca+2].[H-].[H-]. The summed E-state index contributed by atoms with van der Waals surface area (Å²) in [5.41, 5.74) is 0. The summed E-state index contributed by atoms with van der Waals surface area (Å²) in [7, 11) is -9.82. The molecule has 12 nitrogen and oxygen atoms in total. The van der Waals surface area contributed by atoms with Gasteiger partial charge in [0.25, 0.3) is 0 Å². The largest absolute Gasteiger partial charge is 2.00 e. The summed E-state index contributed by atoms with van der Waals surface area (Å²) < 4.78 is 33.6. The average Bonchev–Trinajstić information content (AvgIpc) is 2.48. The standard InChI is InChI=1S/C6H14O12P2.Ca.2H/c7-4-3(1-16-19(10,11)12)18-6(9,5(4)8)2-17-20(13,14)15;;;/h3-5,7-9H,1-2H2,(H2,10,11,12)(H2,13,14,15);;;/q;+2;2*-1/t3-,4-,5+,6-;;;/m1.../s1. The van der Waals surface area contributed by atoms with Gasteiger partial charge in [0.05, 0.1) is 6.61 Å². The molecular formula is C6H16CaO12P2. The quantitative estimate of drug-likeness (QED) is 0.180. The molecule has 124 valence electrons. The van der Waals surface area contributed by atoms with Crippen molar-refractivity contribution in [2.24, 2.45) is 0 Å². The van der Waals surface area contributed by atoms with E-state index in [-0.39, 0.29) is 40.6 Å². The third-order valence-electron chi connectivity index (χ3n) is 2.37. The third kappa shape index (κ3) is 7.17. The summed E-state index contributed by atoms with van der Waals surface area (Å²) >= 11 is 0. The van der Waals surface area contributed by atoms with E-state index in [1.807, 2.05) is 0 Å². The Bertz CT molecular complexity index is 443. The molecule has 0 aromatic heterocycles. The Balaban J connectivity index is -0.00000133. The maximum absolute atomic E-state index is 10.5. The molecule has 1 heterocycles. The van der Waals surface area contributed by atoms with Crippen LogP contribution in [0.15, 0.2) is 0 Å². The van der Waals surface area contributed by atoms with Crippen LogP contribution in [0, 0.1) is 0 Å². The van der Waals surface area contributed by atoms with E-state index in [2.05, 4.69) is 13.8 Å². The average molecular weight is 382 g/mol. The monoisotopic (exact) mass is 382 g/mol. The van der Waals surface area contributed by atoms with Gasteiger partial charge in [0.2, 0.25) is 5.79 Å². The molecule has 0 saturated carbocycles. The molecule has 0 aromatic rings. The van der Waals surface area contributed by atoms with E-state index in [4.69, 9.17) is 19.6 Å². The van der Waals surface area contributed by atoms with Crippen molar-refractivity contribution in [1.29, 1.82) is 0 Å². The molecule has 0 aromatic carbocycles. The first-order valence-electron chi connectivity index (χ1n) is 5.00. The van der Waals surface area contributed by atoms with Gasteiger partial charge in [0.1, 0.15) is 24.9 Å². The molecule has 1 aliphatic heterocycles. The summed E-state index contributed by atoms with van der Waals surface area (Å²) in [6, 6.07) is 0. The molecule has 1 rings (SSSR count). The molecule has 1 fully saturated rings. The second-order valence-electron chi connectivity index (χ2n) is 3.99. The predicted molar refractivity (Wildman–Crippen MR) is 65.8 cm³/mol. The Morgan fingerprint density at radius 3 is 2.00 bits per heavy atom. The van der Waals surface area contributed by atoms with Crippen molar-refractivity contribution in [1.82, 2.24) is 0 Å². The van der Waals surface area contributed by atoms with Crippen LogP contribution in [0.5, 0.6) is 0 Å². The fourth-order valence-corrected chi connectivity index (χ4v) is 2.17. The van der Waals surface area contributed by atoms with Gasteiger partial charge in [-0.15, -0.1) is 0 Å². The van der Waals surface area contributed by atoms with E-state index < -0.39 is 53.0 Å². The molecule has 0 bridgehead atoms. The Morgan fingerprint density at radius 2 is 1.57 bits per heavy atom. The normalized spacial score (nSPS) is 33.8. The molecular weight excluding hydrogens is 366 g/mol. The van der Waals surface area contributed by atoms with Crippen LogP contribution < -0.4 is 0 Å². The minimum Gasteiger partial charge on any atom is -1.00 e. The van der Waals surface area contributed by atoms with E-state index in [1.165, 1.54) is 0 Å². The zero-order valence-corrected chi connectivity index (χ0v) is 14.4. The molecule has 7 N–H and O–H groups in total. The second kappa shape index (κ2) is 7.93. The number of phosphoric ester groups is 2. The van der Waals surface area contributed by atoms with Crippen LogP contribution in [0.3, 0.4) is 0 Å². The van der Waals surface area contributed by atoms with Gasteiger partial charge in [0, 0.05) is 0 Å². The van der Waals surface area contributed by atoms with Crippen molar-refractivity contribution in [3.05, 3.63) is 0 Å². The van der Waals surface area contributed by atoms with Crippen molar-refractivity contribution in [3.63, 3.8) is 0 Å². The summed E-state index contributed by atoms with van der Waals surface area (Å²) in [6.07, 6.45) is -5.38. The number of aliphatic hydroxyl groups excluding tert-OH is 2. The summed E-state index contributed by atoms with van der Waals surface area (Å²) in [6.45, 7) is -2.05. The van der Waals surface area contributed by atoms with Crippen molar-refractivity contribution in [2.45, 2.75) is 24.1 Å². The fourth-order valence-electron chi connectivity index (χ4n) is 1.47. The van der Waals surface area contributed by atoms with Crippen LogP contribution in [0.2, 0.25) is 0 Å². The van der Waals surface area contributed by atoms with Crippen LogP contribution in [-0.4, -0.2) is 110 Å². The van der Waals surface area contributed by atoms with Gasteiger partial charge in [-0.25, -0.2) is 9.13 Å². The fraction of sp³-hybridized carbons (Fsp3) is 1.00. The van der Waals surface area contributed by atoms with Crippen LogP contribution in [-0.2, 0) is 22.9 Å². The molecule has 0 unspecified atom stereocenters. The van der Waals surface area contributed by atoms with Gasteiger partial charge in [-0.05, 0) is 0 Å². The number of rotatable bonds is 6. The molecule has 1 aliphatic rings. The number of hydrogen-bond donors (Lipinski definition) is 7. The maximum atomic E-state index is 10.5. The first kappa shape index (κ1) is 22.3. The summed E-state index contributed by atoms with van der Waals surface area (Å²) in [5, 5.41) is 28.8. The smallest absolute Gasteiger partial charge is 1.00 e. The van der Waals surface area contributed by atoms with E-state index >= 15 is 0 Å². The minimum atomic E-state index is -4.96. The first-order valence-corrected chi connectivity index (χ1v) is 8.07. The number of phosphoric acid groups is 2. The Kier molecular flexibility index (Phi) is 8.43. The number of hydrogen-bond acceptors (Lipinski definition) is 8. The topological polar surface area (TPSA) is 203 Å². The van der Waals surface area contributed by atoms with Crippen LogP contribution in [0.25, 0.3) is 0 Å². The summed E-state index contributed by atoms with van der Waals surface area (Å²) in [5.74, 6) is -2.66. The Hall–Kier alpha value is 1.32. The molecule has 1 saturated heterocycles. The first-order chi connectivity index (χ1) is 8.84. The molecule has 21 heavy (non-hydrogen) atoms. The van der Waals surface area contributed by atoms with Crippen molar-refractivity contribution >= 4 is 53.4 Å². The van der Waals surface area contributed by atoms with Crippen molar-refractivity contribution < 1.29 is 60.7 Å². The van der Waals surface area contributed by atoms with Gasteiger partial charge in [-0.3, -0.25) is 9.05 Å². The van der Waals surface area contributed by atoms with E-state index in [1.54, 1.807) is 0 Å². The van der Waals surface area contributed by atoms with E-state index in [0.29, 0.717) is 0 Å². The molecule has 0 spiro atoms. The van der Waals surface area contributed by atoms with Crippen LogP contribution in [0.4, 0.5) is 0 Å². The third-order valence-corrected chi connectivity index (χ3v) is 3.32. The van der Waals surface area contributed by atoms with E-state index in [0.717, 1.165) is 0 Å². The van der Waals surface area contributed by atoms with Gasteiger partial charge in [-0.1, -0.05) is 0 Å². The minimum absolute atomic E-state index is 0. The second-order valence-corrected chi connectivity index (χ2v) is 6.47. The predicted octanol–water partition coefficient (Wildman–Crippen LogP) is -3.14. The molecule has 0 amide bonds. The number of ether oxygens (including phenoxy) is 1. The Morgan fingerprint density at radius 1 is 1.10 bits per heavy atom. The van der Waals surface area contributed by atoms with Gasteiger partial charge in [-0.2, -0.15) is 0 Å².